The Morgan fingerprint density at radius 2 is 1.27 bits per heavy atom. The lowest BCUT2D eigenvalue weighted by atomic mass is 9.54. The van der Waals surface area contributed by atoms with E-state index in [1.54, 1.807) is 0 Å². The first-order valence-electron chi connectivity index (χ1n) is 5.40. The van der Waals surface area contributed by atoms with E-state index in [0.717, 1.165) is 0 Å². The van der Waals surface area contributed by atoms with Crippen molar-refractivity contribution in [1.82, 2.24) is 0 Å². The Hall–Kier alpha value is -0.730. The van der Waals surface area contributed by atoms with Crippen LogP contribution in [0.5, 0.6) is 0 Å². The molecule has 1 heterocycles. The molecule has 88 valence electrons. The van der Waals surface area contributed by atoms with Crippen molar-refractivity contribution in [2.75, 3.05) is 13.2 Å². The van der Waals surface area contributed by atoms with Crippen LogP contribution in [-0.4, -0.2) is 19.4 Å². The Morgan fingerprint density at radius 3 is 1.53 bits per heavy atom. The molecule has 0 spiro atoms. The van der Waals surface area contributed by atoms with Gasteiger partial charge in [-0.1, -0.05) is 41.5 Å². The third-order valence-corrected chi connectivity index (χ3v) is 3.74. The van der Waals surface area contributed by atoms with Gasteiger partial charge in [0.2, 0.25) is 0 Å². The highest BCUT2D eigenvalue weighted by Gasteiger charge is 2.54. The summed E-state index contributed by atoms with van der Waals surface area (Å²) < 4.78 is 10.2. The first kappa shape index (κ1) is 12.3. The van der Waals surface area contributed by atoms with E-state index in [4.69, 9.17) is 9.47 Å². The zero-order chi connectivity index (χ0) is 11.9. The monoisotopic (exact) mass is 214 g/mol. The molecule has 1 fully saturated rings. The fourth-order valence-electron chi connectivity index (χ4n) is 2.44. The van der Waals surface area contributed by atoms with Gasteiger partial charge in [0, 0.05) is 5.41 Å². The highest BCUT2D eigenvalue weighted by Crippen LogP contribution is 2.53. The standard InChI is InChI=1S/C12H22O3/c1-10(2,3)12(11(4,5)6)7-14-9(13)15-8-12/h7-8H2,1-6H3. The Labute approximate surface area is 92.1 Å². The molecule has 1 rings (SSSR count). The Morgan fingerprint density at radius 1 is 0.933 bits per heavy atom. The van der Waals surface area contributed by atoms with Crippen LogP contribution in [0.4, 0.5) is 4.79 Å². The van der Waals surface area contributed by atoms with Crippen molar-refractivity contribution in [2.45, 2.75) is 41.5 Å². The van der Waals surface area contributed by atoms with Gasteiger partial charge in [0.25, 0.3) is 0 Å². The van der Waals surface area contributed by atoms with Crippen LogP contribution in [0.15, 0.2) is 0 Å². The molecule has 0 unspecified atom stereocenters. The molecule has 0 aromatic carbocycles. The first-order valence-corrected chi connectivity index (χ1v) is 5.40. The van der Waals surface area contributed by atoms with E-state index in [1.807, 2.05) is 0 Å². The zero-order valence-corrected chi connectivity index (χ0v) is 10.6. The van der Waals surface area contributed by atoms with E-state index < -0.39 is 6.16 Å². The van der Waals surface area contributed by atoms with Gasteiger partial charge in [-0.15, -0.1) is 0 Å². The minimum atomic E-state index is -0.542. The molecule has 3 heteroatoms. The quantitative estimate of drug-likeness (QED) is 0.581. The SMILES string of the molecule is CC(C)(C)C1(C(C)(C)C)COC(=O)OC1. The topological polar surface area (TPSA) is 35.5 Å². The molecular formula is C12H22O3. The maximum atomic E-state index is 11.0. The summed E-state index contributed by atoms with van der Waals surface area (Å²) in [5.41, 5.74) is -0.0637. The Bertz CT molecular complexity index is 229. The van der Waals surface area contributed by atoms with Gasteiger partial charge in [-0.3, -0.25) is 0 Å². The number of carbonyl (C=O) groups excluding carboxylic acids is 1. The molecular weight excluding hydrogens is 192 g/mol. The average molecular weight is 214 g/mol. The largest absolute Gasteiger partial charge is 0.508 e. The van der Waals surface area contributed by atoms with E-state index in [0.29, 0.717) is 13.2 Å². The van der Waals surface area contributed by atoms with E-state index in [1.165, 1.54) is 0 Å². The van der Waals surface area contributed by atoms with Crippen LogP contribution in [0.25, 0.3) is 0 Å². The molecule has 1 aliphatic rings. The molecule has 0 N–H and O–H groups in total. The van der Waals surface area contributed by atoms with Crippen molar-refractivity contribution in [3.05, 3.63) is 0 Å². The third kappa shape index (κ3) is 1.97. The molecule has 1 aliphatic heterocycles. The predicted molar refractivity (Wildman–Crippen MR) is 58.6 cm³/mol. The average Bonchev–Trinajstić information content (AvgIpc) is 2.00. The van der Waals surface area contributed by atoms with Crippen molar-refractivity contribution in [3.8, 4) is 0 Å². The Balaban J connectivity index is 3.04. The zero-order valence-electron chi connectivity index (χ0n) is 10.6. The number of hydrogen-bond acceptors (Lipinski definition) is 3. The third-order valence-electron chi connectivity index (χ3n) is 3.74. The van der Waals surface area contributed by atoms with Gasteiger partial charge >= 0.3 is 6.16 Å². The summed E-state index contributed by atoms with van der Waals surface area (Å²) >= 11 is 0. The van der Waals surface area contributed by atoms with Crippen LogP contribution in [-0.2, 0) is 9.47 Å². The number of ether oxygens (including phenoxy) is 2. The lowest BCUT2D eigenvalue weighted by Crippen LogP contribution is -2.56. The molecule has 0 radical (unpaired) electrons. The summed E-state index contributed by atoms with van der Waals surface area (Å²) in [6.07, 6.45) is -0.542. The summed E-state index contributed by atoms with van der Waals surface area (Å²) in [6, 6.07) is 0. The lowest BCUT2D eigenvalue weighted by molar-refractivity contribution is -0.159. The highest BCUT2D eigenvalue weighted by atomic mass is 16.7. The molecule has 15 heavy (non-hydrogen) atoms. The van der Waals surface area contributed by atoms with Gasteiger partial charge in [0.1, 0.15) is 13.2 Å². The molecule has 0 saturated carbocycles. The van der Waals surface area contributed by atoms with Crippen molar-refractivity contribution < 1.29 is 14.3 Å². The van der Waals surface area contributed by atoms with Gasteiger partial charge in [0.15, 0.2) is 0 Å². The maximum absolute atomic E-state index is 11.0. The van der Waals surface area contributed by atoms with E-state index in [-0.39, 0.29) is 16.2 Å². The normalized spacial score (nSPS) is 21.9. The molecule has 0 aliphatic carbocycles. The van der Waals surface area contributed by atoms with Crippen LogP contribution in [0.2, 0.25) is 0 Å². The van der Waals surface area contributed by atoms with E-state index in [2.05, 4.69) is 41.5 Å². The summed E-state index contributed by atoms with van der Waals surface area (Å²) in [5.74, 6) is 0. The fraction of sp³-hybridized carbons (Fsp3) is 0.917. The van der Waals surface area contributed by atoms with Crippen molar-refractivity contribution in [3.63, 3.8) is 0 Å². The highest BCUT2D eigenvalue weighted by molar-refractivity contribution is 5.60. The lowest BCUT2D eigenvalue weighted by Gasteiger charge is -2.53. The molecule has 1 saturated heterocycles. The molecule has 0 amide bonds. The Kier molecular flexibility index (Phi) is 2.79. The van der Waals surface area contributed by atoms with Crippen molar-refractivity contribution in [2.24, 2.45) is 16.2 Å². The first-order chi connectivity index (χ1) is 6.60. The summed E-state index contributed by atoms with van der Waals surface area (Å²) in [4.78, 5) is 11.0. The van der Waals surface area contributed by atoms with E-state index in [9.17, 15) is 4.79 Å². The maximum Gasteiger partial charge on any atom is 0.508 e. The second kappa shape index (κ2) is 3.39. The summed E-state index contributed by atoms with van der Waals surface area (Å²) in [7, 11) is 0. The minimum Gasteiger partial charge on any atom is -0.434 e. The van der Waals surface area contributed by atoms with Gasteiger partial charge in [-0.05, 0) is 10.8 Å². The van der Waals surface area contributed by atoms with Crippen LogP contribution < -0.4 is 0 Å². The van der Waals surface area contributed by atoms with Crippen LogP contribution >= 0.6 is 0 Å². The molecule has 0 bridgehead atoms. The fourth-order valence-corrected chi connectivity index (χ4v) is 2.44. The van der Waals surface area contributed by atoms with Gasteiger partial charge < -0.3 is 9.47 Å². The smallest absolute Gasteiger partial charge is 0.434 e. The number of rotatable bonds is 0. The second-order valence-electron chi connectivity index (χ2n) is 6.41. The summed E-state index contributed by atoms with van der Waals surface area (Å²) in [6.45, 7) is 13.9. The predicted octanol–water partition coefficient (Wildman–Crippen LogP) is 3.23. The van der Waals surface area contributed by atoms with Gasteiger partial charge in [0.05, 0.1) is 0 Å². The van der Waals surface area contributed by atoms with Crippen LogP contribution in [0.3, 0.4) is 0 Å². The number of cyclic esters (lactones) is 2. The van der Waals surface area contributed by atoms with Gasteiger partial charge in [-0.2, -0.15) is 0 Å². The molecule has 0 aromatic heterocycles. The minimum absolute atomic E-state index is 0.0337. The van der Waals surface area contributed by atoms with Crippen LogP contribution in [0, 0.1) is 16.2 Å². The number of hydrogen-bond donors (Lipinski definition) is 0. The van der Waals surface area contributed by atoms with Gasteiger partial charge in [-0.25, -0.2) is 4.79 Å². The molecule has 0 atom stereocenters. The van der Waals surface area contributed by atoms with Crippen molar-refractivity contribution in [1.29, 1.82) is 0 Å². The summed E-state index contributed by atoms with van der Waals surface area (Å²) in [5, 5.41) is 0. The van der Waals surface area contributed by atoms with Crippen molar-refractivity contribution >= 4 is 6.16 Å². The second-order valence-corrected chi connectivity index (χ2v) is 6.41. The number of carbonyl (C=O) groups is 1. The van der Waals surface area contributed by atoms with Crippen LogP contribution in [0.1, 0.15) is 41.5 Å². The molecule has 3 nitrogen and oxygen atoms in total. The van der Waals surface area contributed by atoms with E-state index >= 15 is 0 Å². The molecule has 0 aromatic rings.